The minimum atomic E-state index is 0.236. The largest absolute Gasteiger partial charge is 0.381 e. The first-order chi connectivity index (χ1) is 9.02. The maximum Gasteiger partial charge on any atom is 0.193 e. The molecule has 0 aromatic rings. The van der Waals surface area contributed by atoms with Crippen molar-refractivity contribution in [1.29, 1.82) is 0 Å². The van der Waals surface area contributed by atoms with Gasteiger partial charge in [0.2, 0.25) is 0 Å². The lowest BCUT2D eigenvalue weighted by molar-refractivity contribution is 0.114. The highest BCUT2D eigenvalue weighted by Crippen LogP contribution is 2.20. The quantitative estimate of drug-likeness (QED) is 0.599. The van der Waals surface area contributed by atoms with E-state index in [0.29, 0.717) is 5.92 Å². The average Bonchev–Trinajstić information content (AvgIpc) is 2.86. The Morgan fingerprint density at radius 1 is 1.53 bits per heavy atom. The van der Waals surface area contributed by atoms with Gasteiger partial charge in [-0.25, -0.2) is 0 Å². The number of nitrogens with one attached hydrogen (secondary N) is 1. The summed E-state index contributed by atoms with van der Waals surface area (Å²) in [6, 6.07) is 0. The van der Waals surface area contributed by atoms with Crippen molar-refractivity contribution in [1.82, 2.24) is 10.2 Å². The van der Waals surface area contributed by atoms with Gasteiger partial charge in [0.25, 0.3) is 0 Å². The summed E-state index contributed by atoms with van der Waals surface area (Å²) in [7, 11) is 1.87. The second-order valence-corrected chi connectivity index (χ2v) is 7.14. The summed E-state index contributed by atoms with van der Waals surface area (Å²) in [5, 5.41) is 3.49. The zero-order chi connectivity index (χ0) is 14.3. The molecule has 1 rings (SSSR count). The van der Waals surface area contributed by atoms with Crippen LogP contribution in [0, 0.1) is 5.92 Å². The fourth-order valence-corrected chi connectivity index (χ4v) is 2.36. The minimum Gasteiger partial charge on any atom is -0.381 e. The van der Waals surface area contributed by atoms with Crippen molar-refractivity contribution >= 4 is 17.7 Å². The first-order valence-corrected chi connectivity index (χ1v) is 8.33. The Labute approximate surface area is 122 Å². The highest BCUT2D eigenvalue weighted by Gasteiger charge is 2.26. The molecule has 0 saturated carbocycles. The van der Waals surface area contributed by atoms with Crippen LogP contribution in [0.1, 0.15) is 27.2 Å². The lowest BCUT2D eigenvalue weighted by Gasteiger charge is -2.27. The molecule has 1 aliphatic rings. The Morgan fingerprint density at radius 2 is 2.26 bits per heavy atom. The SMILES string of the molecule is CCOCC1CCN(C(=NC)NCC(C)(C)SC)C1. The van der Waals surface area contributed by atoms with E-state index in [9.17, 15) is 0 Å². The average molecular weight is 287 g/mol. The van der Waals surface area contributed by atoms with Crippen molar-refractivity contribution in [2.75, 3.05) is 46.2 Å². The predicted molar refractivity (Wildman–Crippen MR) is 85.1 cm³/mol. The van der Waals surface area contributed by atoms with E-state index in [4.69, 9.17) is 4.74 Å². The second-order valence-electron chi connectivity index (χ2n) is 5.62. The molecule has 0 aliphatic carbocycles. The number of rotatable bonds is 6. The summed E-state index contributed by atoms with van der Waals surface area (Å²) in [4.78, 5) is 6.75. The van der Waals surface area contributed by atoms with Crippen LogP contribution >= 0.6 is 11.8 Å². The number of hydrogen-bond donors (Lipinski definition) is 1. The summed E-state index contributed by atoms with van der Waals surface area (Å²) in [6.07, 6.45) is 3.35. The second kappa shape index (κ2) is 8.00. The maximum atomic E-state index is 5.52. The molecule has 1 atom stereocenters. The highest BCUT2D eigenvalue weighted by atomic mass is 32.2. The molecule has 0 radical (unpaired) electrons. The van der Waals surface area contributed by atoms with Gasteiger partial charge in [-0.15, -0.1) is 0 Å². The molecule has 0 aromatic heterocycles. The number of aliphatic imine (C=N–C) groups is 1. The third-order valence-electron chi connectivity index (χ3n) is 3.58. The zero-order valence-corrected chi connectivity index (χ0v) is 13.8. The molecule has 5 heteroatoms. The third kappa shape index (κ3) is 5.61. The Balaban J connectivity index is 2.40. The molecular weight excluding hydrogens is 258 g/mol. The van der Waals surface area contributed by atoms with Gasteiger partial charge in [0.1, 0.15) is 0 Å². The molecule has 1 saturated heterocycles. The van der Waals surface area contributed by atoms with Crippen LogP contribution in [0.3, 0.4) is 0 Å². The van der Waals surface area contributed by atoms with E-state index < -0.39 is 0 Å². The van der Waals surface area contributed by atoms with Gasteiger partial charge in [-0.05, 0) is 33.4 Å². The van der Waals surface area contributed by atoms with Gasteiger partial charge in [-0.3, -0.25) is 4.99 Å². The summed E-state index contributed by atoms with van der Waals surface area (Å²) in [5.74, 6) is 1.67. The summed E-state index contributed by atoms with van der Waals surface area (Å²) in [5.41, 5.74) is 0. The molecular formula is C14H29N3OS. The molecule has 0 amide bonds. The fourth-order valence-electron chi connectivity index (χ4n) is 2.14. The van der Waals surface area contributed by atoms with Crippen LogP contribution in [-0.4, -0.2) is 61.8 Å². The van der Waals surface area contributed by atoms with Gasteiger partial charge < -0.3 is 15.0 Å². The van der Waals surface area contributed by atoms with Crippen LogP contribution < -0.4 is 5.32 Å². The number of ether oxygens (including phenoxy) is 1. The first kappa shape index (κ1) is 16.6. The zero-order valence-electron chi connectivity index (χ0n) is 13.0. The molecule has 0 spiro atoms. The number of hydrogen-bond acceptors (Lipinski definition) is 3. The molecule has 1 aliphatic heterocycles. The van der Waals surface area contributed by atoms with Gasteiger partial charge in [0.15, 0.2) is 5.96 Å². The van der Waals surface area contributed by atoms with Gasteiger partial charge >= 0.3 is 0 Å². The maximum absolute atomic E-state index is 5.52. The molecule has 1 unspecified atom stereocenters. The van der Waals surface area contributed by atoms with Crippen molar-refractivity contribution < 1.29 is 4.74 Å². The van der Waals surface area contributed by atoms with Gasteiger partial charge in [-0.1, -0.05) is 0 Å². The molecule has 112 valence electrons. The normalized spacial score (nSPS) is 21.0. The van der Waals surface area contributed by atoms with Gasteiger partial charge in [-0.2, -0.15) is 11.8 Å². The third-order valence-corrected chi connectivity index (χ3v) is 4.83. The number of thioether (sulfide) groups is 1. The minimum absolute atomic E-state index is 0.236. The van der Waals surface area contributed by atoms with Crippen LogP contribution in [0.25, 0.3) is 0 Å². The van der Waals surface area contributed by atoms with Crippen molar-refractivity contribution in [3.05, 3.63) is 0 Å². The monoisotopic (exact) mass is 287 g/mol. The van der Waals surface area contributed by atoms with E-state index in [-0.39, 0.29) is 4.75 Å². The summed E-state index contributed by atoms with van der Waals surface area (Å²) >= 11 is 1.88. The van der Waals surface area contributed by atoms with Crippen molar-refractivity contribution in [2.45, 2.75) is 31.9 Å². The van der Waals surface area contributed by atoms with Crippen molar-refractivity contribution in [3.8, 4) is 0 Å². The molecule has 1 fully saturated rings. The molecule has 4 nitrogen and oxygen atoms in total. The Hall–Kier alpha value is -0.420. The standard InChI is InChI=1S/C14H29N3OS/c1-6-18-10-12-7-8-17(9-12)13(15-4)16-11-14(2,3)19-5/h12H,6-11H2,1-5H3,(H,15,16). The Morgan fingerprint density at radius 3 is 2.84 bits per heavy atom. The van der Waals surface area contributed by atoms with Gasteiger partial charge in [0.05, 0.1) is 6.61 Å². The number of nitrogens with zero attached hydrogens (tertiary/aromatic N) is 2. The molecule has 19 heavy (non-hydrogen) atoms. The summed E-state index contributed by atoms with van der Waals surface area (Å²) < 4.78 is 5.76. The van der Waals surface area contributed by atoms with Crippen molar-refractivity contribution in [2.24, 2.45) is 10.9 Å². The lowest BCUT2D eigenvalue weighted by atomic mass is 10.1. The Bertz CT molecular complexity index is 294. The van der Waals surface area contributed by atoms with Gasteiger partial charge in [0, 0.05) is 44.0 Å². The van der Waals surface area contributed by atoms with Crippen LogP contribution in [0.2, 0.25) is 0 Å². The van der Waals surface area contributed by atoms with E-state index in [1.54, 1.807) is 0 Å². The van der Waals surface area contributed by atoms with Crippen LogP contribution in [-0.2, 0) is 4.74 Å². The molecule has 0 bridgehead atoms. The van der Waals surface area contributed by atoms with E-state index >= 15 is 0 Å². The predicted octanol–water partition coefficient (Wildman–Crippen LogP) is 2.06. The van der Waals surface area contributed by atoms with E-state index in [0.717, 1.165) is 38.8 Å². The first-order valence-electron chi connectivity index (χ1n) is 7.11. The number of guanidine groups is 1. The van der Waals surface area contributed by atoms with Crippen LogP contribution in [0.5, 0.6) is 0 Å². The topological polar surface area (TPSA) is 36.9 Å². The fraction of sp³-hybridized carbons (Fsp3) is 0.929. The molecule has 0 aromatic carbocycles. The van der Waals surface area contributed by atoms with Crippen molar-refractivity contribution in [3.63, 3.8) is 0 Å². The highest BCUT2D eigenvalue weighted by molar-refractivity contribution is 7.99. The van der Waals surface area contributed by atoms with Crippen LogP contribution in [0.15, 0.2) is 4.99 Å². The number of likely N-dealkylation sites (tertiary alicyclic amines) is 1. The Kier molecular flexibility index (Phi) is 7.00. The smallest absolute Gasteiger partial charge is 0.193 e. The van der Waals surface area contributed by atoms with E-state index in [1.807, 2.05) is 18.8 Å². The molecule has 1 N–H and O–H groups in total. The summed E-state index contributed by atoms with van der Waals surface area (Å²) in [6.45, 7) is 11.3. The van der Waals surface area contributed by atoms with E-state index in [2.05, 4.69) is 42.2 Å². The van der Waals surface area contributed by atoms with Crippen LogP contribution in [0.4, 0.5) is 0 Å². The van der Waals surface area contributed by atoms with E-state index in [1.165, 1.54) is 6.42 Å². The lowest BCUT2D eigenvalue weighted by Crippen LogP contribution is -2.45. The molecule has 1 heterocycles.